The van der Waals surface area contributed by atoms with Crippen LogP contribution in [0.4, 0.5) is 0 Å². The van der Waals surface area contributed by atoms with E-state index < -0.39 is 0 Å². The van der Waals surface area contributed by atoms with E-state index in [0.717, 1.165) is 0 Å². The van der Waals surface area contributed by atoms with Crippen LogP contribution in [0, 0.1) is 0 Å². The maximum Gasteiger partial charge on any atom is -0.0351 e. The normalized spacial score (nSPS) is 11.5. The van der Waals surface area contributed by atoms with Crippen LogP contribution in [0.25, 0.3) is 0 Å². The molecule has 0 aliphatic rings. The molecule has 0 spiro atoms. The lowest BCUT2D eigenvalue weighted by Gasteiger charge is -2.02. The summed E-state index contributed by atoms with van der Waals surface area (Å²) in [5, 5.41) is 0. The van der Waals surface area contributed by atoms with Gasteiger partial charge in [0.1, 0.15) is 0 Å². The molecule has 0 saturated heterocycles. The number of hydrogen-bond acceptors (Lipinski definition) is 0. The smallest absolute Gasteiger partial charge is 0.0351 e. The summed E-state index contributed by atoms with van der Waals surface area (Å²) >= 11 is 0. The lowest BCUT2D eigenvalue weighted by Crippen LogP contribution is -1.82. The van der Waals surface area contributed by atoms with Gasteiger partial charge in [-0.25, -0.2) is 0 Å². The van der Waals surface area contributed by atoms with Gasteiger partial charge in [0.2, 0.25) is 0 Å². The third-order valence-corrected chi connectivity index (χ3v) is 5.92. The van der Waals surface area contributed by atoms with Crippen molar-refractivity contribution in [1.29, 1.82) is 0 Å². The highest BCUT2D eigenvalue weighted by Gasteiger charge is 1.93. The summed E-state index contributed by atoms with van der Waals surface area (Å²) < 4.78 is 0. The summed E-state index contributed by atoms with van der Waals surface area (Å²) in [4.78, 5) is 0. The van der Waals surface area contributed by atoms with Crippen molar-refractivity contribution in [2.75, 3.05) is 0 Å². The van der Waals surface area contributed by atoms with Crippen LogP contribution in [-0.2, 0) is 0 Å². The van der Waals surface area contributed by atoms with E-state index in [2.05, 4.69) is 25.7 Å². The fourth-order valence-electron chi connectivity index (χ4n) is 3.95. The van der Waals surface area contributed by atoms with E-state index in [0.29, 0.717) is 0 Å². The average molecular weight is 391 g/mol. The standard InChI is InChI=1S/C28H54/c1-3-5-7-9-11-13-15-17-19-21-23-25-27-28-26-24-22-20-18-16-14-12-10-8-6-4-2/h3,25,27H,1,4-24,26,28H2,2H3. The van der Waals surface area contributed by atoms with Crippen LogP contribution >= 0.6 is 0 Å². The van der Waals surface area contributed by atoms with Gasteiger partial charge in [-0.3, -0.25) is 0 Å². The van der Waals surface area contributed by atoms with Gasteiger partial charge in [-0.05, 0) is 38.5 Å². The Morgan fingerprint density at radius 2 is 0.679 bits per heavy atom. The number of rotatable bonds is 24. The third kappa shape index (κ3) is 25.5. The molecule has 0 aromatic carbocycles. The van der Waals surface area contributed by atoms with E-state index in [-0.39, 0.29) is 0 Å². The van der Waals surface area contributed by atoms with Gasteiger partial charge in [0.05, 0.1) is 0 Å². The summed E-state index contributed by atoms with van der Waals surface area (Å²) in [5.74, 6) is 0. The molecule has 0 unspecified atom stereocenters. The average Bonchev–Trinajstić information content (AvgIpc) is 2.71. The quantitative estimate of drug-likeness (QED) is 0.113. The molecule has 0 aliphatic heterocycles. The highest BCUT2D eigenvalue weighted by atomic mass is 14.0. The van der Waals surface area contributed by atoms with Gasteiger partial charge in [-0.2, -0.15) is 0 Å². The summed E-state index contributed by atoms with van der Waals surface area (Å²) in [6.07, 6.45) is 39.4. The maximum absolute atomic E-state index is 3.78. The lowest BCUT2D eigenvalue weighted by molar-refractivity contribution is 0.544. The van der Waals surface area contributed by atoms with Gasteiger partial charge in [-0.1, -0.05) is 134 Å². The van der Waals surface area contributed by atoms with Crippen molar-refractivity contribution in [3.05, 3.63) is 24.8 Å². The minimum atomic E-state index is 1.20. The zero-order valence-electron chi connectivity index (χ0n) is 19.7. The van der Waals surface area contributed by atoms with Gasteiger partial charge in [0, 0.05) is 0 Å². The minimum absolute atomic E-state index is 1.20. The number of hydrogen-bond donors (Lipinski definition) is 0. The first-order valence-electron chi connectivity index (χ1n) is 13.2. The first kappa shape index (κ1) is 27.5. The molecule has 0 fully saturated rings. The maximum atomic E-state index is 3.78. The first-order chi connectivity index (χ1) is 13.9. The highest BCUT2D eigenvalue weighted by Crippen LogP contribution is 2.13. The molecule has 0 saturated carbocycles. The van der Waals surface area contributed by atoms with Crippen molar-refractivity contribution in [1.82, 2.24) is 0 Å². The fraction of sp³-hybridized carbons (Fsp3) is 0.857. The predicted octanol–water partition coefficient (Wildman–Crippen LogP) is 10.7. The fourth-order valence-corrected chi connectivity index (χ4v) is 3.95. The molecule has 166 valence electrons. The Kier molecular flexibility index (Phi) is 26.0. The Hall–Kier alpha value is -0.520. The second-order valence-corrected chi connectivity index (χ2v) is 8.84. The molecule has 0 amide bonds. The van der Waals surface area contributed by atoms with Crippen molar-refractivity contribution >= 4 is 0 Å². The van der Waals surface area contributed by atoms with Crippen LogP contribution in [0.5, 0.6) is 0 Å². The molecule has 0 bridgehead atoms. The Morgan fingerprint density at radius 1 is 0.393 bits per heavy atom. The Morgan fingerprint density at radius 3 is 1.00 bits per heavy atom. The Bertz CT molecular complexity index is 301. The van der Waals surface area contributed by atoms with E-state index in [1.165, 1.54) is 148 Å². The second kappa shape index (κ2) is 26.5. The predicted molar refractivity (Wildman–Crippen MR) is 131 cm³/mol. The largest absolute Gasteiger partial charge is 0.103 e. The van der Waals surface area contributed by atoms with E-state index in [4.69, 9.17) is 0 Å². The van der Waals surface area contributed by atoms with Gasteiger partial charge in [0.25, 0.3) is 0 Å². The molecule has 0 atom stereocenters. The number of allylic oxidation sites excluding steroid dienone is 3. The van der Waals surface area contributed by atoms with Gasteiger partial charge in [-0.15, -0.1) is 6.58 Å². The van der Waals surface area contributed by atoms with Gasteiger partial charge < -0.3 is 0 Å². The van der Waals surface area contributed by atoms with E-state index in [1.807, 2.05) is 6.08 Å². The van der Waals surface area contributed by atoms with Crippen molar-refractivity contribution < 1.29 is 0 Å². The third-order valence-electron chi connectivity index (χ3n) is 5.92. The van der Waals surface area contributed by atoms with Crippen LogP contribution < -0.4 is 0 Å². The molecule has 28 heavy (non-hydrogen) atoms. The molecule has 0 aliphatic carbocycles. The molecule has 0 rings (SSSR count). The topological polar surface area (TPSA) is 0 Å². The SMILES string of the molecule is C=CCCCCCCCCCCC=CCCCCCCCCCCCCCC. The first-order valence-corrected chi connectivity index (χ1v) is 13.2. The summed E-state index contributed by atoms with van der Waals surface area (Å²) in [5.41, 5.74) is 0. The monoisotopic (exact) mass is 390 g/mol. The summed E-state index contributed by atoms with van der Waals surface area (Å²) in [6, 6.07) is 0. The molecule has 0 nitrogen and oxygen atoms in total. The number of unbranched alkanes of at least 4 members (excludes halogenated alkanes) is 21. The van der Waals surface area contributed by atoms with Crippen LogP contribution in [0.2, 0.25) is 0 Å². The van der Waals surface area contributed by atoms with Gasteiger partial charge >= 0.3 is 0 Å². The van der Waals surface area contributed by atoms with Crippen molar-refractivity contribution in [2.24, 2.45) is 0 Å². The van der Waals surface area contributed by atoms with Crippen molar-refractivity contribution in [3.8, 4) is 0 Å². The molecule has 0 aromatic heterocycles. The Balaban J connectivity index is 3.06. The highest BCUT2D eigenvalue weighted by molar-refractivity contribution is 4.81. The van der Waals surface area contributed by atoms with Crippen molar-refractivity contribution in [2.45, 2.75) is 155 Å². The van der Waals surface area contributed by atoms with Gasteiger partial charge in [0.15, 0.2) is 0 Å². The van der Waals surface area contributed by atoms with Crippen LogP contribution in [0.15, 0.2) is 24.8 Å². The second-order valence-electron chi connectivity index (χ2n) is 8.84. The molecule has 0 aromatic rings. The van der Waals surface area contributed by atoms with E-state index in [1.54, 1.807) is 0 Å². The minimum Gasteiger partial charge on any atom is -0.103 e. The molecule has 0 N–H and O–H groups in total. The van der Waals surface area contributed by atoms with Crippen LogP contribution in [0.3, 0.4) is 0 Å². The summed E-state index contributed by atoms with van der Waals surface area (Å²) in [6.45, 7) is 6.08. The van der Waals surface area contributed by atoms with E-state index in [9.17, 15) is 0 Å². The zero-order valence-corrected chi connectivity index (χ0v) is 19.7. The van der Waals surface area contributed by atoms with Crippen LogP contribution in [-0.4, -0.2) is 0 Å². The molecular weight excluding hydrogens is 336 g/mol. The molecular formula is C28H54. The molecule has 0 heteroatoms. The molecule has 0 radical (unpaired) electrons. The van der Waals surface area contributed by atoms with Crippen LogP contribution in [0.1, 0.15) is 155 Å². The van der Waals surface area contributed by atoms with E-state index >= 15 is 0 Å². The Labute approximate surface area is 179 Å². The lowest BCUT2D eigenvalue weighted by atomic mass is 10.0. The zero-order chi connectivity index (χ0) is 20.4. The summed E-state index contributed by atoms with van der Waals surface area (Å²) in [7, 11) is 0. The van der Waals surface area contributed by atoms with Crippen molar-refractivity contribution in [3.63, 3.8) is 0 Å². The molecule has 0 heterocycles.